The molecule has 0 fully saturated rings. The normalized spacial score (nSPS) is 7.80. The van der Waals surface area contributed by atoms with Crippen molar-refractivity contribution < 1.29 is 26.2 Å². The molecule has 0 spiro atoms. The third-order valence-corrected chi connectivity index (χ3v) is 1.83. The van der Waals surface area contributed by atoms with Crippen LogP contribution in [-0.2, 0) is 33.0 Å². The van der Waals surface area contributed by atoms with E-state index in [9.17, 15) is 0 Å². The molecule has 0 aliphatic carbocycles. The summed E-state index contributed by atoms with van der Waals surface area (Å²) in [6, 6.07) is 20.2. The number of hydrogen-bond acceptors (Lipinski definition) is 0. The topological polar surface area (TPSA) is 0 Å². The Hall–Kier alpha value is -0.612. The van der Waals surface area contributed by atoms with E-state index >= 15 is 0 Å². The van der Waals surface area contributed by atoms with Crippen LogP contribution in [0.1, 0.15) is 0 Å². The number of hydrogen-bond donors (Lipinski definition) is 0. The van der Waals surface area contributed by atoms with Gasteiger partial charge in [0.05, 0.1) is 0 Å². The predicted octanol–water partition coefficient (Wildman–Crippen LogP) is 3.21. The number of aryl methyl sites for hydroxylation is 1. The van der Waals surface area contributed by atoms with E-state index in [1.54, 1.807) is 0 Å². The van der Waals surface area contributed by atoms with Gasteiger partial charge < -0.3 is 0 Å². The molecule has 0 bridgehead atoms. The van der Waals surface area contributed by atoms with Gasteiger partial charge >= 0.3 is 0 Å². The number of rotatable bonds is 0. The first-order chi connectivity index (χ1) is 6.89. The quantitative estimate of drug-likeness (QED) is 0.647. The minimum Gasteiger partial charge on any atom is -0.265 e. The Labute approximate surface area is 112 Å². The largest absolute Gasteiger partial charge is 0.265 e. The molecule has 0 radical (unpaired) electrons. The van der Waals surface area contributed by atoms with Crippen molar-refractivity contribution in [2.45, 2.75) is 0 Å². The van der Waals surface area contributed by atoms with E-state index in [1.807, 2.05) is 48.5 Å². The van der Waals surface area contributed by atoms with Crippen LogP contribution in [0.2, 0.25) is 0 Å². The van der Waals surface area contributed by atoms with Crippen LogP contribution in [0.25, 0.3) is 0 Å². The summed E-state index contributed by atoms with van der Waals surface area (Å²) < 4.78 is 0. The molecule has 0 saturated heterocycles. The summed E-state index contributed by atoms with van der Waals surface area (Å²) in [4.78, 5) is 0. The zero-order valence-electron chi connectivity index (χ0n) is 9.01. The monoisotopic (exact) mass is 272 g/mol. The zero-order chi connectivity index (χ0) is 10.1. The summed E-state index contributed by atoms with van der Waals surface area (Å²) in [5.41, 5.74) is 0. The predicted molar refractivity (Wildman–Crippen MR) is 64.2 cm³/mol. The zero-order valence-corrected chi connectivity index (χ0v) is 11.5. The molecule has 0 nitrogen and oxygen atoms in total. The summed E-state index contributed by atoms with van der Waals surface area (Å²) in [5.74, 6) is 4.33. The van der Waals surface area contributed by atoms with E-state index in [1.165, 1.54) is 0 Å². The second kappa shape index (κ2) is 9.92. The van der Waals surface area contributed by atoms with Gasteiger partial charge in [0, 0.05) is 68.7 Å². The molecule has 0 atom stereocenters. The standard InChI is InChI=1S/C7H7.C6H8B.Zr/c1-2-4-6-7-5-3-1;1-7-5-3-2-4-6-7;/h1-7H;2-6H,1H3;/q+1;-1;. The molecule has 0 unspecified atom stereocenters. The van der Waals surface area contributed by atoms with Crippen LogP contribution in [0.5, 0.6) is 0 Å². The summed E-state index contributed by atoms with van der Waals surface area (Å²) in [7, 11) is 0. The van der Waals surface area contributed by atoms with E-state index in [0.29, 0.717) is 6.34 Å². The summed E-state index contributed by atoms with van der Waals surface area (Å²) in [6.45, 7) is 2.17. The Balaban J connectivity index is 0.000000245. The first-order valence-electron chi connectivity index (χ1n) is 4.91. The van der Waals surface area contributed by atoms with Gasteiger partial charge in [-0.3, -0.25) is 11.9 Å². The maximum Gasteiger partial charge on any atom is 0.0467 e. The van der Waals surface area contributed by atoms with Crippen LogP contribution in [0.4, 0.5) is 0 Å². The van der Waals surface area contributed by atoms with Gasteiger partial charge in [-0.2, -0.15) is 0 Å². The molecule has 2 rings (SSSR count). The molecule has 0 saturated carbocycles. The summed E-state index contributed by atoms with van der Waals surface area (Å²) in [6.07, 6.45) is 0.644. The Kier molecular flexibility index (Phi) is 9.52. The molecule has 2 heteroatoms. The Bertz CT molecular complexity index is 303. The first kappa shape index (κ1) is 14.4. The van der Waals surface area contributed by atoms with Gasteiger partial charge in [-0.25, -0.2) is 6.82 Å². The van der Waals surface area contributed by atoms with Gasteiger partial charge in [0.2, 0.25) is 0 Å². The van der Waals surface area contributed by atoms with Crippen LogP contribution >= 0.6 is 0 Å². The minimum absolute atomic E-state index is 0. The van der Waals surface area contributed by atoms with Gasteiger partial charge in [-0.05, 0) is 0 Å². The van der Waals surface area contributed by atoms with Gasteiger partial charge in [0.1, 0.15) is 0 Å². The second-order valence-electron chi connectivity index (χ2n) is 3.17. The van der Waals surface area contributed by atoms with Crippen molar-refractivity contribution in [3.8, 4) is 0 Å². The van der Waals surface area contributed by atoms with Crippen molar-refractivity contribution >= 4 is 6.34 Å². The molecule has 0 N–H and O–H groups in total. The van der Waals surface area contributed by atoms with Crippen LogP contribution < -0.4 is 0 Å². The van der Waals surface area contributed by atoms with Crippen molar-refractivity contribution in [1.82, 2.24) is 0 Å². The smallest absolute Gasteiger partial charge is 0.0467 e. The fraction of sp³-hybridized carbons (Fsp3) is 0.0769. The van der Waals surface area contributed by atoms with Crippen molar-refractivity contribution in [1.29, 1.82) is 0 Å². The van der Waals surface area contributed by atoms with Crippen LogP contribution in [0, 0.1) is 0 Å². The van der Waals surface area contributed by atoms with Crippen LogP contribution in [-0.4, -0.2) is 6.34 Å². The summed E-state index contributed by atoms with van der Waals surface area (Å²) in [5, 5.41) is 0. The van der Waals surface area contributed by atoms with Gasteiger partial charge in [-0.1, -0.05) is 6.07 Å². The SMILES string of the molecule is C[b-]1ccccc1.[Zr].c1ccc[cH+]cc1. The fourth-order valence-electron chi connectivity index (χ4n) is 1.06. The first-order valence-corrected chi connectivity index (χ1v) is 4.91. The molecule has 15 heavy (non-hydrogen) atoms. The second-order valence-corrected chi connectivity index (χ2v) is 3.17. The van der Waals surface area contributed by atoms with Gasteiger partial charge in [-0.15, -0.1) is 18.5 Å². The fourth-order valence-corrected chi connectivity index (χ4v) is 1.06. The van der Waals surface area contributed by atoms with E-state index in [4.69, 9.17) is 0 Å². The molecule has 1 heterocycles. The van der Waals surface area contributed by atoms with Crippen LogP contribution in [0.3, 0.4) is 0 Å². The van der Waals surface area contributed by atoms with Gasteiger partial charge in [0.15, 0.2) is 0 Å². The molecule has 2 aromatic rings. The van der Waals surface area contributed by atoms with E-state index in [-0.39, 0.29) is 26.2 Å². The van der Waals surface area contributed by atoms with Crippen molar-refractivity contribution in [2.75, 3.05) is 0 Å². The van der Waals surface area contributed by atoms with Crippen molar-refractivity contribution in [3.05, 3.63) is 72.6 Å². The van der Waals surface area contributed by atoms with Crippen molar-refractivity contribution in [3.63, 3.8) is 0 Å². The van der Waals surface area contributed by atoms with Gasteiger partial charge in [0.25, 0.3) is 0 Å². The average molecular weight is 273 g/mol. The van der Waals surface area contributed by atoms with E-state index < -0.39 is 0 Å². The van der Waals surface area contributed by atoms with Crippen molar-refractivity contribution in [2.24, 2.45) is 6.82 Å². The molecule has 0 aliphatic rings. The third-order valence-electron chi connectivity index (χ3n) is 1.83. The molecule has 0 amide bonds. The average Bonchev–Trinajstić information content (AvgIpc) is 2.51. The Morgan fingerprint density at radius 1 is 0.733 bits per heavy atom. The molecular weight excluding hydrogens is 258 g/mol. The van der Waals surface area contributed by atoms with E-state index in [0.717, 1.165) is 0 Å². The Morgan fingerprint density at radius 3 is 1.60 bits per heavy atom. The maximum atomic E-state index is 2.17. The van der Waals surface area contributed by atoms with Crippen LogP contribution in [0.15, 0.2) is 72.6 Å². The Morgan fingerprint density at radius 2 is 1.20 bits per heavy atom. The maximum absolute atomic E-state index is 2.17. The molecular formula is C13H15BZr. The minimum atomic E-state index is 0. The third kappa shape index (κ3) is 8.39. The molecule has 74 valence electrons. The van der Waals surface area contributed by atoms with E-state index in [2.05, 4.69) is 30.9 Å². The molecule has 1 aromatic carbocycles. The summed E-state index contributed by atoms with van der Waals surface area (Å²) >= 11 is 0. The molecule has 0 aliphatic heterocycles. The molecule has 1 aromatic heterocycles.